The van der Waals surface area contributed by atoms with Gasteiger partial charge in [-0.3, -0.25) is 4.79 Å². The molecular formula is C25H25NO6. The van der Waals surface area contributed by atoms with E-state index >= 15 is 0 Å². The number of carboxylic acids is 1. The minimum Gasteiger partial charge on any atom is -0.494 e. The average Bonchev–Trinajstić information content (AvgIpc) is 2.77. The van der Waals surface area contributed by atoms with Crippen LogP contribution in [0.15, 0.2) is 78.0 Å². The van der Waals surface area contributed by atoms with Crippen LogP contribution in [0.3, 0.4) is 0 Å². The molecule has 0 spiro atoms. The quantitative estimate of drug-likeness (QED) is 0.339. The number of ether oxygens (including phenoxy) is 3. The van der Waals surface area contributed by atoms with Gasteiger partial charge in [0, 0.05) is 11.6 Å². The second kappa shape index (κ2) is 11.4. The third-order valence-electron chi connectivity index (χ3n) is 4.33. The van der Waals surface area contributed by atoms with Gasteiger partial charge in [-0.05, 0) is 48.9 Å². The molecule has 0 amide bonds. The van der Waals surface area contributed by atoms with E-state index in [1.165, 1.54) is 7.11 Å². The molecule has 0 unspecified atom stereocenters. The van der Waals surface area contributed by atoms with Crippen molar-refractivity contribution in [2.45, 2.75) is 13.3 Å². The van der Waals surface area contributed by atoms with Crippen molar-refractivity contribution in [2.75, 3.05) is 20.3 Å². The van der Waals surface area contributed by atoms with Crippen LogP contribution < -0.4 is 14.2 Å². The minimum atomic E-state index is -0.929. The monoisotopic (exact) mass is 435 g/mol. The summed E-state index contributed by atoms with van der Waals surface area (Å²) < 4.78 is 17.4. The fraction of sp³-hybridized carbons (Fsp3) is 0.200. The predicted molar refractivity (Wildman–Crippen MR) is 121 cm³/mol. The lowest BCUT2D eigenvalue weighted by Crippen LogP contribution is -2.14. The van der Waals surface area contributed by atoms with Gasteiger partial charge in [0.2, 0.25) is 0 Å². The fourth-order valence-electron chi connectivity index (χ4n) is 3.03. The highest BCUT2D eigenvalue weighted by Crippen LogP contribution is 2.25. The Morgan fingerprint density at radius 3 is 2.28 bits per heavy atom. The summed E-state index contributed by atoms with van der Waals surface area (Å²) in [4.78, 5) is 16.1. The van der Waals surface area contributed by atoms with Gasteiger partial charge in [0.25, 0.3) is 0 Å². The molecule has 32 heavy (non-hydrogen) atoms. The number of aliphatic carboxylic acids is 1. The second-order valence-corrected chi connectivity index (χ2v) is 6.77. The molecule has 0 fully saturated rings. The molecule has 166 valence electrons. The number of benzene rings is 3. The number of hydrogen-bond acceptors (Lipinski definition) is 6. The molecule has 0 aromatic heterocycles. The van der Waals surface area contributed by atoms with E-state index in [9.17, 15) is 4.79 Å². The van der Waals surface area contributed by atoms with Crippen molar-refractivity contribution in [3.63, 3.8) is 0 Å². The van der Waals surface area contributed by atoms with Crippen LogP contribution in [0.5, 0.6) is 23.0 Å². The Morgan fingerprint density at radius 2 is 1.59 bits per heavy atom. The zero-order chi connectivity index (χ0) is 22.8. The van der Waals surface area contributed by atoms with Crippen LogP contribution >= 0.6 is 0 Å². The van der Waals surface area contributed by atoms with E-state index in [4.69, 9.17) is 24.2 Å². The van der Waals surface area contributed by atoms with Crippen molar-refractivity contribution in [3.8, 4) is 23.0 Å². The maximum absolute atomic E-state index is 11.1. The lowest BCUT2D eigenvalue weighted by Gasteiger charge is -2.13. The lowest BCUT2D eigenvalue weighted by atomic mass is 10.1. The Labute approximate surface area is 186 Å². The summed E-state index contributed by atoms with van der Waals surface area (Å²) in [6, 6.07) is 22.0. The molecule has 0 aliphatic rings. The topological polar surface area (TPSA) is 86.6 Å². The van der Waals surface area contributed by atoms with Crippen LogP contribution in [0.1, 0.15) is 18.1 Å². The zero-order valence-corrected chi connectivity index (χ0v) is 18.0. The van der Waals surface area contributed by atoms with E-state index in [-0.39, 0.29) is 13.0 Å². The van der Waals surface area contributed by atoms with Gasteiger partial charge >= 0.3 is 5.97 Å². The van der Waals surface area contributed by atoms with Crippen molar-refractivity contribution in [1.29, 1.82) is 0 Å². The Balaban J connectivity index is 1.78. The summed E-state index contributed by atoms with van der Waals surface area (Å²) in [5.74, 6) is 1.48. The van der Waals surface area contributed by atoms with Crippen LogP contribution in [0.4, 0.5) is 0 Å². The van der Waals surface area contributed by atoms with Crippen LogP contribution in [0, 0.1) is 0 Å². The molecule has 0 aliphatic heterocycles. The maximum atomic E-state index is 11.1. The maximum Gasteiger partial charge on any atom is 0.307 e. The van der Waals surface area contributed by atoms with Gasteiger partial charge in [0.1, 0.15) is 42.4 Å². The first-order chi connectivity index (χ1) is 15.6. The summed E-state index contributed by atoms with van der Waals surface area (Å²) in [7, 11) is 1.46. The van der Waals surface area contributed by atoms with E-state index in [2.05, 4.69) is 5.16 Å². The standard InChI is InChI=1S/C25H25NO6/c1-3-30-22-12-18(14-25(27)28)13-23(16-22)31-17-24(26-29-2)19-8-7-11-21(15-19)32-20-9-5-4-6-10-20/h4-13,15-16H,3,14,17H2,1-2H3,(H,27,28)/b26-24+. The molecular weight excluding hydrogens is 410 g/mol. The van der Waals surface area contributed by atoms with Crippen molar-refractivity contribution in [2.24, 2.45) is 5.16 Å². The molecule has 7 nitrogen and oxygen atoms in total. The second-order valence-electron chi connectivity index (χ2n) is 6.77. The van der Waals surface area contributed by atoms with Crippen molar-refractivity contribution in [1.82, 2.24) is 0 Å². The minimum absolute atomic E-state index is 0.102. The van der Waals surface area contributed by atoms with E-state index in [0.29, 0.717) is 35.1 Å². The third-order valence-corrected chi connectivity index (χ3v) is 4.33. The Kier molecular flexibility index (Phi) is 8.09. The van der Waals surface area contributed by atoms with E-state index in [1.807, 2.05) is 61.5 Å². The molecule has 0 saturated carbocycles. The van der Waals surface area contributed by atoms with Crippen molar-refractivity contribution >= 4 is 11.7 Å². The summed E-state index contributed by atoms with van der Waals surface area (Å²) >= 11 is 0. The first-order valence-electron chi connectivity index (χ1n) is 10.1. The largest absolute Gasteiger partial charge is 0.494 e. The number of rotatable bonds is 11. The third kappa shape index (κ3) is 6.77. The van der Waals surface area contributed by atoms with Crippen LogP contribution in [-0.2, 0) is 16.1 Å². The normalized spacial score (nSPS) is 11.0. The van der Waals surface area contributed by atoms with Crippen molar-refractivity contribution in [3.05, 3.63) is 83.9 Å². The van der Waals surface area contributed by atoms with Gasteiger partial charge in [-0.15, -0.1) is 0 Å². The highest BCUT2D eigenvalue weighted by molar-refractivity contribution is 6.01. The number of oxime groups is 1. The lowest BCUT2D eigenvalue weighted by molar-refractivity contribution is -0.136. The molecule has 7 heteroatoms. The summed E-state index contributed by atoms with van der Waals surface area (Å²) in [6.45, 7) is 2.42. The average molecular weight is 435 g/mol. The fourth-order valence-corrected chi connectivity index (χ4v) is 3.03. The Morgan fingerprint density at radius 1 is 0.875 bits per heavy atom. The highest BCUT2D eigenvalue weighted by Gasteiger charge is 2.11. The van der Waals surface area contributed by atoms with Crippen LogP contribution in [0.25, 0.3) is 0 Å². The van der Waals surface area contributed by atoms with E-state index in [0.717, 1.165) is 11.3 Å². The van der Waals surface area contributed by atoms with Crippen molar-refractivity contribution < 1.29 is 28.9 Å². The number of para-hydroxylation sites is 1. The molecule has 3 aromatic carbocycles. The molecule has 0 atom stereocenters. The van der Waals surface area contributed by atoms with Gasteiger partial charge in [0.05, 0.1) is 13.0 Å². The summed E-state index contributed by atoms with van der Waals surface area (Å²) in [5, 5.41) is 13.2. The van der Waals surface area contributed by atoms with E-state index < -0.39 is 5.97 Å². The highest BCUT2D eigenvalue weighted by atomic mass is 16.6. The molecule has 1 N–H and O–H groups in total. The molecule has 0 bridgehead atoms. The smallest absolute Gasteiger partial charge is 0.307 e. The zero-order valence-electron chi connectivity index (χ0n) is 18.0. The van der Waals surface area contributed by atoms with Gasteiger partial charge in [-0.25, -0.2) is 0 Å². The number of nitrogens with zero attached hydrogens (tertiary/aromatic N) is 1. The first-order valence-corrected chi connectivity index (χ1v) is 10.1. The van der Waals surface area contributed by atoms with Gasteiger partial charge in [-0.2, -0.15) is 0 Å². The molecule has 0 saturated heterocycles. The molecule has 0 radical (unpaired) electrons. The van der Waals surface area contributed by atoms with Gasteiger partial charge in [-0.1, -0.05) is 35.5 Å². The Bertz CT molecular complexity index is 1070. The molecule has 0 aliphatic carbocycles. The number of carboxylic acid groups (broad SMARTS) is 1. The summed E-state index contributed by atoms with van der Waals surface area (Å²) in [6.07, 6.45) is -0.130. The van der Waals surface area contributed by atoms with Gasteiger partial charge < -0.3 is 24.2 Å². The molecule has 3 rings (SSSR count). The molecule has 0 heterocycles. The number of carbonyl (C=O) groups is 1. The SMILES string of the molecule is CCOc1cc(CC(=O)O)cc(OC/C(=N\OC)c2cccc(Oc3ccccc3)c2)c1. The first kappa shape index (κ1) is 22.7. The molecule has 3 aromatic rings. The number of hydrogen-bond donors (Lipinski definition) is 1. The van der Waals surface area contributed by atoms with Crippen LogP contribution in [-0.4, -0.2) is 37.1 Å². The van der Waals surface area contributed by atoms with E-state index in [1.54, 1.807) is 18.2 Å². The van der Waals surface area contributed by atoms with Crippen LogP contribution in [0.2, 0.25) is 0 Å². The Hall–Kier alpha value is -4.00. The van der Waals surface area contributed by atoms with Gasteiger partial charge in [0.15, 0.2) is 0 Å². The predicted octanol–water partition coefficient (Wildman–Crippen LogP) is 4.93. The summed E-state index contributed by atoms with van der Waals surface area (Å²) in [5.41, 5.74) is 1.90.